The quantitative estimate of drug-likeness (QED) is 0.853. The topological polar surface area (TPSA) is 49.3 Å². The smallest absolute Gasteiger partial charge is 0.261 e. The Bertz CT molecular complexity index is 646. The van der Waals surface area contributed by atoms with Crippen molar-refractivity contribution in [1.82, 2.24) is 5.32 Å². The molecule has 0 radical (unpaired) electrons. The molecule has 0 aliphatic heterocycles. The zero-order valence-corrected chi connectivity index (χ0v) is 12.7. The summed E-state index contributed by atoms with van der Waals surface area (Å²) in [4.78, 5) is 13.9. The number of aliphatic hydroxyl groups is 1. The van der Waals surface area contributed by atoms with Gasteiger partial charge in [0.1, 0.15) is 6.61 Å². The molecule has 2 rings (SSSR count). The molecule has 2 N–H and O–H groups in total. The number of rotatable bonds is 4. The molecule has 0 aromatic carbocycles. The maximum absolute atomic E-state index is 12.1. The number of carbonyl (C=O) groups excluding carboxylic acids is 1. The van der Waals surface area contributed by atoms with Crippen LogP contribution in [0.2, 0.25) is 0 Å². The lowest BCUT2D eigenvalue weighted by Crippen LogP contribution is -2.22. The highest BCUT2D eigenvalue weighted by molar-refractivity contribution is 7.12. The predicted molar refractivity (Wildman–Crippen MR) is 83.2 cm³/mol. The fraction of sp³-hybridized carbons (Fsp3) is 0.267. The second-order valence-electron chi connectivity index (χ2n) is 4.03. The molecule has 0 aliphatic rings. The van der Waals surface area contributed by atoms with E-state index in [1.165, 1.54) is 11.3 Å². The van der Waals surface area contributed by atoms with Crippen LogP contribution in [0.4, 0.5) is 0 Å². The summed E-state index contributed by atoms with van der Waals surface area (Å²) in [5.41, 5.74) is 1.95. The van der Waals surface area contributed by atoms with E-state index >= 15 is 0 Å². The summed E-state index contributed by atoms with van der Waals surface area (Å²) in [5, 5.41) is 15.5. The number of aryl methyl sites for hydroxylation is 1. The molecule has 1 amide bonds. The molecule has 0 spiro atoms. The van der Waals surface area contributed by atoms with Crippen molar-refractivity contribution in [2.24, 2.45) is 0 Å². The summed E-state index contributed by atoms with van der Waals surface area (Å²) < 4.78 is 0. The molecule has 0 saturated carbocycles. The molecule has 0 atom stereocenters. The summed E-state index contributed by atoms with van der Waals surface area (Å²) >= 11 is 3.02. The lowest BCUT2D eigenvalue weighted by molar-refractivity contribution is 0.0954. The summed E-state index contributed by atoms with van der Waals surface area (Å²) in [6.45, 7) is 2.35. The van der Waals surface area contributed by atoms with Gasteiger partial charge in [-0.3, -0.25) is 4.79 Å². The number of hydrogen-bond donors (Lipinski definition) is 2. The molecule has 0 aliphatic carbocycles. The molecule has 20 heavy (non-hydrogen) atoms. The number of carbonyl (C=O) groups is 1. The lowest BCUT2D eigenvalue weighted by Gasteiger charge is -2.04. The lowest BCUT2D eigenvalue weighted by atomic mass is 10.2. The first kappa shape index (κ1) is 14.8. The molecule has 2 aromatic rings. The Morgan fingerprint density at radius 3 is 2.90 bits per heavy atom. The van der Waals surface area contributed by atoms with Crippen LogP contribution in [0.15, 0.2) is 22.9 Å². The second kappa shape index (κ2) is 7.25. The first-order valence-corrected chi connectivity index (χ1v) is 8.02. The van der Waals surface area contributed by atoms with Gasteiger partial charge >= 0.3 is 0 Å². The fourth-order valence-corrected chi connectivity index (χ4v) is 3.46. The Morgan fingerprint density at radius 2 is 2.15 bits per heavy atom. The van der Waals surface area contributed by atoms with Gasteiger partial charge in [-0.25, -0.2) is 0 Å². The van der Waals surface area contributed by atoms with Crippen LogP contribution in [0.25, 0.3) is 0 Å². The standard InChI is InChI=1S/C15H15NO2S2/c1-2-11-5-9-20-14(11)15(18)16-10-13-12(4-3-7-17)6-8-19-13/h5-6,8-9,17H,2,7,10H2,1H3,(H,16,18). The van der Waals surface area contributed by atoms with E-state index in [-0.39, 0.29) is 12.5 Å². The minimum atomic E-state index is -0.156. The van der Waals surface area contributed by atoms with Gasteiger partial charge in [0.2, 0.25) is 0 Å². The number of aliphatic hydroxyl groups excluding tert-OH is 1. The maximum atomic E-state index is 12.1. The van der Waals surface area contributed by atoms with Crippen molar-refractivity contribution in [2.45, 2.75) is 19.9 Å². The molecule has 0 fully saturated rings. The highest BCUT2D eigenvalue weighted by Gasteiger charge is 2.12. The Kier molecular flexibility index (Phi) is 5.36. The number of nitrogens with one attached hydrogen (secondary N) is 1. The van der Waals surface area contributed by atoms with Gasteiger partial charge in [0, 0.05) is 10.4 Å². The summed E-state index contributed by atoms with van der Waals surface area (Å²) in [6, 6.07) is 3.89. The monoisotopic (exact) mass is 305 g/mol. The number of hydrogen-bond acceptors (Lipinski definition) is 4. The van der Waals surface area contributed by atoms with Gasteiger partial charge in [-0.1, -0.05) is 18.8 Å². The Morgan fingerprint density at radius 1 is 1.35 bits per heavy atom. The summed E-state index contributed by atoms with van der Waals surface area (Å²) in [5.74, 6) is 5.48. The van der Waals surface area contributed by atoms with Crippen molar-refractivity contribution in [1.29, 1.82) is 0 Å². The summed E-state index contributed by atoms with van der Waals surface area (Å²) in [7, 11) is 0. The van der Waals surface area contributed by atoms with E-state index in [9.17, 15) is 4.79 Å². The van der Waals surface area contributed by atoms with Crippen molar-refractivity contribution in [3.63, 3.8) is 0 Å². The van der Waals surface area contributed by atoms with Gasteiger partial charge in [-0.05, 0) is 34.9 Å². The van der Waals surface area contributed by atoms with Gasteiger partial charge in [-0.2, -0.15) is 0 Å². The maximum Gasteiger partial charge on any atom is 0.261 e. The second-order valence-corrected chi connectivity index (χ2v) is 5.95. The van der Waals surface area contributed by atoms with Crippen LogP contribution in [-0.4, -0.2) is 17.6 Å². The SMILES string of the molecule is CCc1ccsc1C(=O)NCc1sccc1C#CCO. The average Bonchev–Trinajstić information content (AvgIpc) is 3.10. The van der Waals surface area contributed by atoms with Gasteiger partial charge in [0.25, 0.3) is 5.91 Å². The largest absolute Gasteiger partial charge is 0.384 e. The van der Waals surface area contributed by atoms with E-state index in [1.807, 2.05) is 29.8 Å². The van der Waals surface area contributed by atoms with Crippen LogP contribution >= 0.6 is 22.7 Å². The summed E-state index contributed by atoms with van der Waals surface area (Å²) in [6.07, 6.45) is 0.860. The van der Waals surface area contributed by atoms with E-state index in [0.717, 1.165) is 27.3 Å². The van der Waals surface area contributed by atoms with Crippen molar-refractivity contribution in [3.05, 3.63) is 43.8 Å². The molecular weight excluding hydrogens is 290 g/mol. The molecule has 2 heterocycles. The highest BCUT2D eigenvalue weighted by atomic mass is 32.1. The van der Waals surface area contributed by atoms with Crippen LogP contribution in [0.3, 0.4) is 0 Å². The van der Waals surface area contributed by atoms with Crippen LogP contribution in [0.5, 0.6) is 0 Å². The zero-order valence-electron chi connectivity index (χ0n) is 11.1. The van der Waals surface area contributed by atoms with E-state index in [4.69, 9.17) is 5.11 Å². The van der Waals surface area contributed by atoms with Gasteiger partial charge in [0.15, 0.2) is 0 Å². The molecule has 0 saturated heterocycles. The Balaban J connectivity index is 2.02. The molecule has 3 nitrogen and oxygen atoms in total. The van der Waals surface area contributed by atoms with E-state index < -0.39 is 0 Å². The molecule has 0 unspecified atom stereocenters. The predicted octanol–water partition coefficient (Wildman–Crippen LogP) is 2.65. The first-order chi connectivity index (χ1) is 9.76. The van der Waals surface area contributed by atoms with Crippen LogP contribution < -0.4 is 5.32 Å². The van der Waals surface area contributed by atoms with E-state index in [1.54, 1.807) is 11.3 Å². The van der Waals surface area contributed by atoms with Gasteiger partial charge in [0.05, 0.1) is 11.4 Å². The van der Waals surface area contributed by atoms with E-state index in [2.05, 4.69) is 17.2 Å². The number of amides is 1. The molecular formula is C15H15NO2S2. The van der Waals surface area contributed by atoms with Crippen molar-refractivity contribution in [2.75, 3.05) is 6.61 Å². The number of thiophene rings is 2. The minimum Gasteiger partial charge on any atom is -0.384 e. The molecule has 0 bridgehead atoms. The van der Waals surface area contributed by atoms with E-state index in [0.29, 0.717) is 6.54 Å². The molecule has 5 heteroatoms. The first-order valence-electron chi connectivity index (χ1n) is 6.27. The van der Waals surface area contributed by atoms with Crippen LogP contribution in [0, 0.1) is 11.8 Å². The third kappa shape index (κ3) is 3.48. The van der Waals surface area contributed by atoms with Gasteiger partial charge < -0.3 is 10.4 Å². The van der Waals surface area contributed by atoms with Gasteiger partial charge in [-0.15, -0.1) is 22.7 Å². The van der Waals surface area contributed by atoms with Crippen LogP contribution in [0.1, 0.15) is 32.6 Å². The zero-order chi connectivity index (χ0) is 14.4. The third-order valence-electron chi connectivity index (χ3n) is 2.79. The molecule has 104 valence electrons. The normalized spacial score (nSPS) is 9.90. The minimum absolute atomic E-state index is 0.0358. The highest BCUT2D eigenvalue weighted by Crippen LogP contribution is 2.19. The van der Waals surface area contributed by atoms with Crippen LogP contribution in [-0.2, 0) is 13.0 Å². The van der Waals surface area contributed by atoms with Crippen molar-refractivity contribution in [3.8, 4) is 11.8 Å². The third-order valence-corrected chi connectivity index (χ3v) is 4.67. The average molecular weight is 305 g/mol. The van der Waals surface area contributed by atoms with Crippen molar-refractivity contribution < 1.29 is 9.90 Å². The Labute approximate surface area is 126 Å². The Hall–Kier alpha value is -1.61. The van der Waals surface area contributed by atoms with Crippen molar-refractivity contribution >= 4 is 28.6 Å². The molecule has 2 aromatic heterocycles. The fourth-order valence-electron chi connectivity index (χ4n) is 1.78.